The standard InChI is InChI=1S/C25H37N5O7/c1-5-18-10-11-23(34)30(18)12-8-6-7-9-20(31)26-14-21(32)27-15-22(33)29-19(13-16(2)3)24(35)28-17(4)25(36)37/h5,10-11,13,17,19H,6-9,12,14-15H2,1-4H3,(H,26,31)(H,27,32)(H,28,35)(H,29,33)(H,36,37)/b18-5-/t17-,19?/m0/s1. The molecular formula is C25H37N5O7. The third kappa shape index (κ3) is 12.0. The number of nitrogens with one attached hydrogen (secondary N) is 4. The summed E-state index contributed by atoms with van der Waals surface area (Å²) in [5, 5.41) is 18.5. The van der Waals surface area contributed by atoms with Gasteiger partial charge in [0.15, 0.2) is 0 Å². The van der Waals surface area contributed by atoms with E-state index in [2.05, 4.69) is 21.3 Å². The third-order valence-electron chi connectivity index (χ3n) is 5.28. The number of hydrogen-bond acceptors (Lipinski definition) is 6. The van der Waals surface area contributed by atoms with Gasteiger partial charge in [-0.1, -0.05) is 24.1 Å². The van der Waals surface area contributed by atoms with Crippen LogP contribution in [0.25, 0.3) is 0 Å². The van der Waals surface area contributed by atoms with Gasteiger partial charge in [-0.05, 0) is 46.6 Å². The molecule has 0 bridgehead atoms. The predicted molar refractivity (Wildman–Crippen MR) is 136 cm³/mol. The van der Waals surface area contributed by atoms with Crippen LogP contribution in [-0.4, -0.2) is 77.2 Å². The quantitative estimate of drug-likeness (QED) is 0.151. The summed E-state index contributed by atoms with van der Waals surface area (Å²) in [6, 6.07) is -2.25. The monoisotopic (exact) mass is 519 g/mol. The van der Waals surface area contributed by atoms with Gasteiger partial charge in [0.1, 0.15) is 12.1 Å². The van der Waals surface area contributed by atoms with Gasteiger partial charge < -0.3 is 31.3 Å². The number of carboxylic acid groups (broad SMARTS) is 1. The molecule has 1 aliphatic rings. The molecule has 37 heavy (non-hydrogen) atoms. The Morgan fingerprint density at radius 2 is 1.59 bits per heavy atom. The Morgan fingerprint density at radius 1 is 0.946 bits per heavy atom. The highest BCUT2D eigenvalue weighted by atomic mass is 16.4. The molecule has 12 heteroatoms. The van der Waals surface area contributed by atoms with E-state index in [1.807, 2.05) is 13.0 Å². The van der Waals surface area contributed by atoms with E-state index in [9.17, 15) is 28.8 Å². The molecule has 12 nitrogen and oxygen atoms in total. The first-order valence-electron chi connectivity index (χ1n) is 12.1. The van der Waals surface area contributed by atoms with E-state index < -0.39 is 42.3 Å². The molecule has 0 fully saturated rings. The largest absolute Gasteiger partial charge is 0.480 e. The van der Waals surface area contributed by atoms with Crippen molar-refractivity contribution in [1.29, 1.82) is 0 Å². The molecule has 0 aromatic heterocycles. The van der Waals surface area contributed by atoms with Crippen LogP contribution in [0.15, 0.2) is 35.6 Å². The minimum atomic E-state index is -1.22. The number of amides is 5. The highest BCUT2D eigenvalue weighted by Gasteiger charge is 2.23. The van der Waals surface area contributed by atoms with Crippen molar-refractivity contribution in [2.45, 2.75) is 65.5 Å². The van der Waals surface area contributed by atoms with Crippen molar-refractivity contribution in [3.05, 3.63) is 35.6 Å². The number of carbonyl (C=O) groups is 6. The number of carbonyl (C=O) groups excluding carboxylic acids is 5. The second-order valence-electron chi connectivity index (χ2n) is 8.76. The maximum Gasteiger partial charge on any atom is 0.325 e. The number of aliphatic carboxylic acids is 1. The Hall–Kier alpha value is -3.96. The first kappa shape index (κ1) is 31.1. The number of hydrogen-bond donors (Lipinski definition) is 5. The molecule has 0 aliphatic carbocycles. The van der Waals surface area contributed by atoms with Crippen molar-refractivity contribution in [2.75, 3.05) is 19.6 Å². The number of carboxylic acids is 1. The summed E-state index contributed by atoms with van der Waals surface area (Å²) >= 11 is 0. The Kier molecular flexibility index (Phi) is 13.4. The Labute approximate surface area is 216 Å². The normalized spacial score (nSPS) is 15.1. The fourth-order valence-corrected chi connectivity index (χ4v) is 3.30. The van der Waals surface area contributed by atoms with Gasteiger partial charge in [0.05, 0.1) is 13.1 Å². The summed E-state index contributed by atoms with van der Waals surface area (Å²) in [6.45, 7) is 6.42. The van der Waals surface area contributed by atoms with Crippen LogP contribution >= 0.6 is 0 Å². The molecule has 1 unspecified atom stereocenters. The Balaban J connectivity index is 2.30. The lowest BCUT2D eigenvalue weighted by atomic mass is 10.1. The minimum Gasteiger partial charge on any atom is -0.480 e. The molecular weight excluding hydrogens is 482 g/mol. The van der Waals surface area contributed by atoms with Crippen LogP contribution in [0.2, 0.25) is 0 Å². The van der Waals surface area contributed by atoms with E-state index in [0.29, 0.717) is 13.0 Å². The summed E-state index contributed by atoms with van der Waals surface area (Å²) in [4.78, 5) is 72.8. The van der Waals surface area contributed by atoms with Crippen LogP contribution in [0.4, 0.5) is 0 Å². The average Bonchev–Trinajstić information content (AvgIpc) is 3.19. The second-order valence-corrected chi connectivity index (χ2v) is 8.76. The highest BCUT2D eigenvalue weighted by Crippen LogP contribution is 2.16. The molecule has 0 saturated carbocycles. The Bertz CT molecular complexity index is 966. The lowest BCUT2D eigenvalue weighted by Gasteiger charge is -2.18. The van der Waals surface area contributed by atoms with Crippen LogP contribution in [-0.2, 0) is 28.8 Å². The van der Waals surface area contributed by atoms with E-state index in [1.54, 1.807) is 24.8 Å². The van der Waals surface area contributed by atoms with Crippen molar-refractivity contribution >= 4 is 35.5 Å². The topological polar surface area (TPSA) is 174 Å². The summed E-state index contributed by atoms with van der Waals surface area (Å²) in [5.74, 6) is -3.51. The van der Waals surface area contributed by atoms with Crippen LogP contribution in [0.1, 0.15) is 53.4 Å². The van der Waals surface area contributed by atoms with Crippen molar-refractivity contribution in [3.8, 4) is 0 Å². The van der Waals surface area contributed by atoms with Crippen molar-refractivity contribution in [1.82, 2.24) is 26.2 Å². The number of rotatable bonds is 15. The van der Waals surface area contributed by atoms with Gasteiger partial charge in [0, 0.05) is 24.7 Å². The second kappa shape index (κ2) is 15.9. The van der Waals surface area contributed by atoms with Crippen LogP contribution < -0.4 is 21.3 Å². The smallest absolute Gasteiger partial charge is 0.325 e. The lowest BCUT2D eigenvalue weighted by molar-refractivity contribution is -0.141. The molecule has 0 spiro atoms. The fourth-order valence-electron chi connectivity index (χ4n) is 3.30. The summed E-state index contributed by atoms with van der Waals surface area (Å²) in [6.07, 6.45) is 8.94. The number of allylic oxidation sites excluding steroid dienone is 3. The molecule has 5 N–H and O–H groups in total. The van der Waals surface area contributed by atoms with Gasteiger partial charge in [-0.15, -0.1) is 0 Å². The molecule has 5 amide bonds. The molecule has 1 aliphatic heterocycles. The zero-order valence-electron chi connectivity index (χ0n) is 21.8. The SMILES string of the molecule is C/C=C1/C=CC(=O)N1CCCCCC(=O)NCC(=O)NCC(=O)NC(C=C(C)C)C(=O)N[C@@H](C)C(=O)O. The van der Waals surface area contributed by atoms with E-state index in [1.165, 1.54) is 19.1 Å². The molecule has 1 rings (SSSR count). The maximum absolute atomic E-state index is 12.3. The van der Waals surface area contributed by atoms with Gasteiger partial charge in [-0.25, -0.2) is 0 Å². The number of unbranched alkanes of at least 4 members (excludes halogenated alkanes) is 2. The zero-order chi connectivity index (χ0) is 28.0. The van der Waals surface area contributed by atoms with Crippen molar-refractivity contribution in [3.63, 3.8) is 0 Å². The van der Waals surface area contributed by atoms with E-state index >= 15 is 0 Å². The predicted octanol–water partition coefficient (Wildman–Crippen LogP) is 0.122. The van der Waals surface area contributed by atoms with Gasteiger partial charge in [-0.2, -0.15) is 0 Å². The molecule has 204 valence electrons. The molecule has 0 aromatic rings. The molecule has 0 aromatic carbocycles. The van der Waals surface area contributed by atoms with E-state index in [-0.39, 0.29) is 24.8 Å². The zero-order valence-corrected chi connectivity index (χ0v) is 21.8. The molecule has 0 radical (unpaired) electrons. The maximum atomic E-state index is 12.3. The Morgan fingerprint density at radius 3 is 2.22 bits per heavy atom. The van der Waals surface area contributed by atoms with Gasteiger partial charge in [0.2, 0.25) is 23.6 Å². The van der Waals surface area contributed by atoms with Crippen molar-refractivity contribution in [2.24, 2.45) is 0 Å². The molecule has 1 heterocycles. The highest BCUT2D eigenvalue weighted by molar-refractivity contribution is 5.94. The van der Waals surface area contributed by atoms with Crippen LogP contribution in [0, 0.1) is 0 Å². The first-order valence-corrected chi connectivity index (χ1v) is 12.1. The minimum absolute atomic E-state index is 0.0472. The molecule has 2 atom stereocenters. The van der Waals surface area contributed by atoms with E-state index in [0.717, 1.165) is 24.1 Å². The lowest BCUT2D eigenvalue weighted by Crippen LogP contribution is -2.52. The van der Waals surface area contributed by atoms with Gasteiger partial charge >= 0.3 is 5.97 Å². The van der Waals surface area contributed by atoms with E-state index in [4.69, 9.17) is 5.11 Å². The average molecular weight is 520 g/mol. The summed E-state index contributed by atoms with van der Waals surface area (Å²) in [5.41, 5.74) is 1.59. The van der Waals surface area contributed by atoms with Crippen LogP contribution in [0.3, 0.4) is 0 Å². The third-order valence-corrected chi connectivity index (χ3v) is 5.28. The summed E-state index contributed by atoms with van der Waals surface area (Å²) < 4.78 is 0. The molecule has 0 saturated heterocycles. The van der Waals surface area contributed by atoms with Gasteiger partial charge in [0.25, 0.3) is 5.91 Å². The first-order chi connectivity index (χ1) is 17.4. The van der Waals surface area contributed by atoms with Crippen LogP contribution in [0.5, 0.6) is 0 Å². The van der Waals surface area contributed by atoms with Crippen molar-refractivity contribution < 1.29 is 33.9 Å². The number of nitrogens with zero attached hydrogens (tertiary/aromatic N) is 1. The van der Waals surface area contributed by atoms with Gasteiger partial charge in [-0.3, -0.25) is 28.8 Å². The fraction of sp³-hybridized carbons (Fsp3) is 0.520. The summed E-state index contributed by atoms with van der Waals surface area (Å²) in [7, 11) is 0.